The number of pyridine rings is 2. The molecule has 0 amide bonds. The minimum Gasteiger partial charge on any atom is -0.354 e. The van der Waals surface area contributed by atoms with Crippen molar-refractivity contribution in [3.05, 3.63) is 58.0 Å². The van der Waals surface area contributed by atoms with Gasteiger partial charge in [-0.25, -0.2) is 4.98 Å². The van der Waals surface area contributed by atoms with E-state index in [0.717, 1.165) is 48.6 Å². The second-order valence-electron chi connectivity index (χ2n) is 6.41. The smallest absolute Gasteiger partial charge is 0.256 e. The van der Waals surface area contributed by atoms with Gasteiger partial charge in [0.1, 0.15) is 5.82 Å². The summed E-state index contributed by atoms with van der Waals surface area (Å²) in [6, 6.07) is 11.3. The van der Waals surface area contributed by atoms with Crippen LogP contribution in [0, 0.1) is 0 Å². The summed E-state index contributed by atoms with van der Waals surface area (Å²) < 4.78 is 0. The zero-order chi connectivity index (χ0) is 17.4. The van der Waals surface area contributed by atoms with E-state index in [9.17, 15) is 4.79 Å². The van der Waals surface area contributed by atoms with Crippen molar-refractivity contribution in [1.82, 2.24) is 14.9 Å². The molecule has 2 aromatic heterocycles. The van der Waals surface area contributed by atoms with Crippen molar-refractivity contribution in [2.75, 3.05) is 38.1 Å². The summed E-state index contributed by atoms with van der Waals surface area (Å²) in [5.74, 6) is 0.970. The van der Waals surface area contributed by atoms with Crippen molar-refractivity contribution in [2.24, 2.45) is 0 Å². The monoisotopic (exact) mass is 354 g/mol. The number of hydrogen-bond acceptors (Lipinski definition) is 4. The zero-order valence-electron chi connectivity index (χ0n) is 14.0. The number of hydrogen-bond donors (Lipinski definition) is 1. The van der Waals surface area contributed by atoms with Gasteiger partial charge >= 0.3 is 0 Å². The lowest BCUT2D eigenvalue weighted by atomic mass is 10.1. The van der Waals surface area contributed by atoms with Gasteiger partial charge in [0, 0.05) is 53.7 Å². The molecule has 3 heterocycles. The first-order chi connectivity index (χ1) is 12.1. The van der Waals surface area contributed by atoms with Crippen molar-refractivity contribution < 1.29 is 0 Å². The molecular formula is C19H19ClN4O. The second kappa shape index (κ2) is 6.50. The molecule has 0 bridgehead atoms. The van der Waals surface area contributed by atoms with Gasteiger partial charge in [-0.05, 0) is 37.4 Å². The number of piperazine rings is 1. The number of benzene rings is 1. The third kappa shape index (κ3) is 3.13. The van der Waals surface area contributed by atoms with Crippen LogP contribution in [-0.2, 0) is 0 Å². The Morgan fingerprint density at radius 3 is 2.60 bits per heavy atom. The molecule has 0 saturated carbocycles. The van der Waals surface area contributed by atoms with Crippen LogP contribution in [0.3, 0.4) is 0 Å². The number of fused-ring (bicyclic) bond motifs is 1. The highest BCUT2D eigenvalue weighted by Crippen LogP contribution is 2.26. The molecule has 1 N–H and O–H groups in total. The molecule has 5 nitrogen and oxygen atoms in total. The van der Waals surface area contributed by atoms with Crippen LogP contribution in [0.2, 0.25) is 5.02 Å². The molecular weight excluding hydrogens is 336 g/mol. The minimum atomic E-state index is -0.141. The fourth-order valence-electron chi connectivity index (χ4n) is 3.18. The molecule has 0 atom stereocenters. The molecule has 1 aliphatic heterocycles. The Labute approximate surface area is 150 Å². The van der Waals surface area contributed by atoms with E-state index in [0.29, 0.717) is 10.4 Å². The van der Waals surface area contributed by atoms with Gasteiger partial charge in [0.25, 0.3) is 5.56 Å². The largest absolute Gasteiger partial charge is 0.354 e. The topological polar surface area (TPSA) is 52.2 Å². The summed E-state index contributed by atoms with van der Waals surface area (Å²) >= 11 is 6.25. The Hall–Kier alpha value is -2.37. The molecule has 6 heteroatoms. The van der Waals surface area contributed by atoms with E-state index in [2.05, 4.69) is 26.8 Å². The molecule has 4 rings (SSSR count). The maximum atomic E-state index is 12.3. The van der Waals surface area contributed by atoms with E-state index in [1.165, 1.54) is 0 Å². The molecule has 3 aromatic rings. The molecule has 1 fully saturated rings. The molecule has 1 aromatic carbocycles. The van der Waals surface area contributed by atoms with Crippen molar-refractivity contribution in [2.45, 2.75) is 0 Å². The lowest BCUT2D eigenvalue weighted by molar-refractivity contribution is 0.312. The molecule has 0 spiro atoms. The van der Waals surface area contributed by atoms with Crippen LogP contribution >= 0.6 is 11.6 Å². The van der Waals surface area contributed by atoms with Gasteiger partial charge < -0.3 is 14.8 Å². The highest BCUT2D eigenvalue weighted by atomic mass is 35.5. The predicted molar refractivity (Wildman–Crippen MR) is 103 cm³/mol. The number of likely N-dealkylation sites (N-methyl/N-ethyl adjacent to an activating group) is 1. The lowest BCUT2D eigenvalue weighted by Gasteiger charge is -2.33. The van der Waals surface area contributed by atoms with E-state index in [-0.39, 0.29) is 5.56 Å². The number of H-pyrrole nitrogens is 1. The molecule has 128 valence electrons. The van der Waals surface area contributed by atoms with E-state index < -0.39 is 0 Å². The fraction of sp³-hybridized carbons (Fsp3) is 0.263. The highest BCUT2D eigenvalue weighted by molar-refractivity contribution is 6.35. The first kappa shape index (κ1) is 16.1. The highest BCUT2D eigenvalue weighted by Gasteiger charge is 2.15. The Kier molecular flexibility index (Phi) is 4.19. The third-order valence-electron chi connectivity index (χ3n) is 4.72. The van der Waals surface area contributed by atoms with Gasteiger partial charge in [-0.1, -0.05) is 17.7 Å². The Morgan fingerprint density at radius 2 is 1.88 bits per heavy atom. The van der Waals surface area contributed by atoms with Crippen LogP contribution < -0.4 is 10.5 Å². The van der Waals surface area contributed by atoms with Crippen LogP contribution in [0.4, 0.5) is 5.82 Å². The number of anilines is 1. The van der Waals surface area contributed by atoms with Crippen LogP contribution in [0.15, 0.2) is 47.4 Å². The molecule has 1 saturated heterocycles. The number of nitrogens with one attached hydrogen (secondary N) is 1. The number of aromatic amines is 1. The Morgan fingerprint density at radius 1 is 1.08 bits per heavy atom. The van der Waals surface area contributed by atoms with E-state index >= 15 is 0 Å². The van der Waals surface area contributed by atoms with Gasteiger partial charge in [-0.15, -0.1) is 0 Å². The van der Waals surface area contributed by atoms with E-state index in [1.807, 2.05) is 24.4 Å². The molecule has 1 aliphatic rings. The maximum Gasteiger partial charge on any atom is 0.256 e. The first-order valence-corrected chi connectivity index (χ1v) is 8.71. The van der Waals surface area contributed by atoms with Crippen molar-refractivity contribution in [3.63, 3.8) is 0 Å². The van der Waals surface area contributed by atoms with E-state index in [1.54, 1.807) is 18.2 Å². The van der Waals surface area contributed by atoms with Crippen LogP contribution in [0.1, 0.15) is 0 Å². The van der Waals surface area contributed by atoms with Crippen molar-refractivity contribution >= 4 is 28.2 Å². The molecule has 25 heavy (non-hydrogen) atoms. The third-order valence-corrected chi connectivity index (χ3v) is 5.05. The summed E-state index contributed by atoms with van der Waals surface area (Å²) in [5.41, 5.74) is 1.46. The molecule has 0 aliphatic carbocycles. The Bertz CT molecular complexity index is 959. The van der Waals surface area contributed by atoms with Gasteiger partial charge in [0.15, 0.2) is 0 Å². The second-order valence-corrected chi connectivity index (χ2v) is 6.82. The number of rotatable bonds is 2. The quantitative estimate of drug-likeness (QED) is 0.768. The number of nitrogens with zero attached hydrogens (tertiary/aromatic N) is 3. The van der Waals surface area contributed by atoms with Gasteiger partial charge in [-0.2, -0.15) is 0 Å². The average Bonchev–Trinajstić information content (AvgIpc) is 2.63. The summed E-state index contributed by atoms with van der Waals surface area (Å²) in [4.78, 5) is 24.4. The number of aromatic nitrogens is 2. The van der Waals surface area contributed by atoms with Crippen LogP contribution in [0.5, 0.6) is 0 Å². The summed E-state index contributed by atoms with van der Waals surface area (Å²) in [6.45, 7) is 4.04. The van der Waals surface area contributed by atoms with Gasteiger partial charge in [0.05, 0.1) is 5.69 Å². The van der Waals surface area contributed by atoms with Gasteiger partial charge in [-0.3, -0.25) is 4.79 Å². The summed E-state index contributed by atoms with van der Waals surface area (Å²) in [7, 11) is 2.13. The van der Waals surface area contributed by atoms with Crippen LogP contribution in [-0.4, -0.2) is 48.1 Å². The molecule has 0 radical (unpaired) electrons. The summed E-state index contributed by atoms with van der Waals surface area (Å²) in [6.07, 6.45) is 1.81. The standard InChI is InChI=1S/C19H19ClN4O/c1-23-7-9-24(10-8-23)18-6-5-13(12-21-18)17-11-15-14(19(25)22-17)3-2-4-16(15)20/h2-6,11-12H,7-10H2,1H3,(H,22,25). The molecule has 0 unspecified atom stereocenters. The minimum absolute atomic E-state index is 0.141. The SMILES string of the molecule is CN1CCN(c2ccc(-c3cc4c(Cl)cccc4c(=O)[nH]3)cn2)CC1. The van der Waals surface area contributed by atoms with E-state index in [4.69, 9.17) is 11.6 Å². The van der Waals surface area contributed by atoms with Crippen molar-refractivity contribution in [1.29, 1.82) is 0 Å². The fourth-order valence-corrected chi connectivity index (χ4v) is 3.40. The first-order valence-electron chi connectivity index (χ1n) is 8.33. The zero-order valence-corrected chi connectivity index (χ0v) is 14.8. The Balaban J connectivity index is 1.67. The maximum absolute atomic E-state index is 12.3. The lowest BCUT2D eigenvalue weighted by Crippen LogP contribution is -2.44. The summed E-state index contributed by atoms with van der Waals surface area (Å²) in [5, 5.41) is 1.93. The predicted octanol–water partition coefficient (Wildman–Crippen LogP) is 3.00. The average molecular weight is 355 g/mol. The van der Waals surface area contributed by atoms with Crippen LogP contribution in [0.25, 0.3) is 22.0 Å². The normalized spacial score (nSPS) is 15.7. The number of halogens is 1. The van der Waals surface area contributed by atoms with Gasteiger partial charge in [0.2, 0.25) is 0 Å². The van der Waals surface area contributed by atoms with Crippen molar-refractivity contribution in [3.8, 4) is 11.3 Å².